The zero-order valence-electron chi connectivity index (χ0n) is 16.4. The van der Waals surface area contributed by atoms with E-state index >= 15 is 0 Å². The van der Waals surface area contributed by atoms with Crippen molar-refractivity contribution in [3.8, 4) is 5.75 Å². The van der Waals surface area contributed by atoms with Gasteiger partial charge in [0.15, 0.2) is 0 Å². The maximum Gasteiger partial charge on any atom is 0.266 e. The van der Waals surface area contributed by atoms with Crippen LogP contribution in [-0.4, -0.2) is 41.6 Å². The van der Waals surface area contributed by atoms with Gasteiger partial charge in [-0.05, 0) is 36.7 Å². The lowest BCUT2D eigenvalue weighted by Crippen LogP contribution is -2.54. The normalized spacial score (nSPS) is 18.4. The van der Waals surface area contributed by atoms with Crippen LogP contribution >= 0.6 is 0 Å². The molecule has 1 saturated heterocycles. The highest BCUT2D eigenvalue weighted by Crippen LogP contribution is 2.34. The van der Waals surface area contributed by atoms with E-state index in [1.54, 1.807) is 18.2 Å². The van der Waals surface area contributed by atoms with E-state index < -0.39 is 29.7 Å². The summed E-state index contributed by atoms with van der Waals surface area (Å²) in [5, 5.41) is 5.27. The molecular formula is C22H21N3O5. The van der Waals surface area contributed by atoms with Gasteiger partial charge in [0.2, 0.25) is 11.8 Å². The number of carbonyl (C=O) groups is 4. The lowest BCUT2D eigenvalue weighted by molar-refractivity contribution is -0.136. The van der Waals surface area contributed by atoms with Crippen LogP contribution in [0.15, 0.2) is 42.5 Å². The molecule has 0 saturated carbocycles. The van der Waals surface area contributed by atoms with Gasteiger partial charge < -0.3 is 10.1 Å². The van der Waals surface area contributed by atoms with Crippen molar-refractivity contribution in [2.75, 3.05) is 7.05 Å². The summed E-state index contributed by atoms with van der Waals surface area (Å²) in [5.41, 5.74) is 2.42. The van der Waals surface area contributed by atoms with Crippen LogP contribution in [-0.2, 0) is 22.7 Å². The molecule has 2 aromatic rings. The van der Waals surface area contributed by atoms with Gasteiger partial charge >= 0.3 is 0 Å². The Labute approximate surface area is 173 Å². The second kappa shape index (κ2) is 8.08. The number of carbonyl (C=O) groups excluding carboxylic acids is 4. The Bertz CT molecular complexity index is 1030. The molecule has 154 valence electrons. The van der Waals surface area contributed by atoms with Crippen LogP contribution in [0.5, 0.6) is 5.75 Å². The van der Waals surface area contributed by atoms with E-state index in [0.717, 1.165) is 22.6 Å². The van der Waals surface area contributed by atoms with Crippen LogP contribution in [0.2, 0.25) is 0 Å². The predicted octanol–water partition coefficient (Wildman–Crippen LogP) is 1.39. The average Bonchev–Trinajstić information content (AvgIpc) is 2.99. The Morgan fingerprint density at radius 2 is 1.77 bits per heavy atom. The van der Waals surface area contributed by atoms with Crippen molar-refractivity contribution < 1.29 is 23.9 Å². The van der Waals surface area contributed by atoms with Crippen LogP contribution in [0.1, 0.15) is 44.7 Å². The molecule has 0 aliphatic carbocycles. The van der Waals surface area contributed by atoms with E-state index in [1.165, 1.54) is 0 Å². The Morgan fingerprint density at radius 3 is 2.47 bits per heavy atom. The predicted molar refractivity (Wildman–Crippen MR) is 107 cm³/mol. The van der Waals surface area contributed by atoms with E-state index in [-0.39, 0.29) is 30.6 Å². The van der Waals surface area contributed by atoms with Gasteiger partial charge in [0.25, 0.3) is 11.8 Å². The van der Waals surface area contributed by atoms with Crippen LogP contribution in [0.3, 0.4) is 0 Å². The second-order valence-corrected chi connectivity index (χ2v) is 7.26. The standard InChI is InChI=1S/C22H21N3O5/c1-23-11-13-5-7-14(8-6-13)12-30-17-4-2-3-15-19(17)22(29)25(21(15)28)16-9-10-18(26)24-20(16)27/h2-8,16,23H,9-12H2,1H3,(H,24,26,27). The number of hydrogen-bond acceptors (Lipinski definition) is 6. The quantitative estimate of drug-likeness (QED) is 0.701. The summed E-state index contributed by atoms with van der Waals surface area (Å²) < 4.78 is 5.86. The van der Waals surface area contributed by atoms with Gasteiger partial charge in [0.1, 0.15) is 18.4 Å². The van der Waals surface area contributed by atoms with Gasteiger partial charge in [0.05, 0.1) is 11.1 Å². The third kappa shape index (κ3) is 3.57. The summed E-state index contributed by atoms with van der Waals surface area (Å²) in [7, 11) is 1.88. The van der Waals surface area contributed by atoms with Crippen molar-refractivity contribution in [2.45, 2.75) is 32.0 Å². The minimum Gasteiger partial charge on any atom is -0.488 e. The number of ether oxygens (including phenoxy) is 1. The Hall–Kier alpha value is -3.52. The lowest BCUT2D eigenvalue weighted by Gasteiger charge is -2.27. The monoisotopic (exact) mass is 407 g/mol. The number of nitrogens with one attached hydrogen (secondary N) is 2. The first-order valence-corrected chi connectivity index (χ1v) is 9.69. The van der Waals surface area contributed by atoms with Crippen LogP contribution in [0, 0.1) is 0 Å². The van der Waals surface area contributed by atoms with E-state index in [1.807, 2.05) is 31.3 Å². The summed E-state index contributed by atoms with van der Waals surface area (Å²) in [4.78, 5) is 50.4. The molecule has 1 unspecified atom stereocenters. The van der Waals surface area contributed by atoms with Gasteiger partial charge in [0, 0.05) is 13.0 Å². The number of imide groups is 2. The Kier molecular flexibility index (Phi) is 5.33. The molecule has 4 amide bonds. The molecule has 2 aliphatic heterocycles. The summed E-state index contributed by atoms with van der Waals surface area (Å²) >= 11 is 0. The number of fused-ring (bicyclic) bond motifs is 1. The minimum atomic E-state index is -0.998. The third-order valence-corrected chi connectivity index (χ3v) is 5.23. The molecule has 1 atom stereocenters. The molecule has 2 N–H and O–H groups in total. The smallest absolute Gasteiger partial charge is 0.266 e. The van der Waals surface area contributed by atoms with Crippen molar-refractivity contribution in [2.24, 2.45) is 0 Å². The first-order valence-electron chi connectivity index (χ1n) is 9.69. The second-order valence-electron chi connectivity index (χ2n) is 7.26. The number of benzene rings is 2. The highest BCUT2D eigenvalue weighted by Gasteiger charge is 2.45. The van der Waals surface area contributed by atoms with Crippen molar-refractivity contribution in [1.29, 1.82) is 0 Å². The van der Waals surface area contributed by atoms with Gasteiger partial charge in [-0.25, -0.2) is 0 Å². The summed E-state index contributed by atoms with van der Waals surface area (Å²) in [5.74, 6) is -1.88. The molecule has 0 aromatic heterocycles. The largest absolute Gasteiger partial charge is 0.488 e. The molecule has 2 heterocycles. The fourth-order valence-electron chi connectivity index (χ4n) is 3.72. The zero-order valence-corrected chi connectivity index (χ0v) is 16.4. The molecular weight excluding hydrogens is 386 g/mol. The fraction of sp³-hybridized carbons (Fsp3) is 0.273. The van der Waals surface area contributed by atoms with E-state index in [4.69, 9.17) is 4.74 Å². The molecule has 4 rings (SSSR count). The van der Waals surface area contributed by atoms with E-state index in [0.29, 0.717) is 5.75 Å². The highest BCUT2D eigenvalue weighted by molar-refractivity contribution is 6.24. The highest BCUT2D eigenvalue weighted by atomic mass is 16.5. The van der Waals surface area contributed by atoms with E-state index in [9.17, 15) is 19.2 Å². The molecule has 2 aliphatic rings. The maximum atomic E-state index is 13.0. The Morgan fingerprint density at radius 1 is 1.03 bits per heavy atom. The van der Waals surface area contributed by atoms with Gasteiger partial charge in [-0.2, -0.15) is 0 Å². The van der Waals surface area contributed by atoms with Crippen molar-refractivity contribution in [1.82, 2.24) is 15.5 Å². The van der Waals surface area contributed by atoms with Crippen molar-refractivity contribution in [3.63, 3.8) is 0 Å². The van der Waals surface area contributed by atoms with Gasteiger partial charge in [-0.1, -0.05) is 30.3 Å². The van der Waals surface area contributed by atoms with Gasteiger partial charge in [-0.15, -0.1) is 0 Å². The summed E-state index contributed by atoms with van der Waals surface area (Å²) in [6.07, 6.45) is 0.196. The molecule has 8 heteroatoms. The maximum absolute atomic E-state index is 13.0. The molecule has 0 bridgehead atoms. The SMILES string of the molecule is CNCc1ccc(COc2cccc3c2C(=O)N(C2CCC(=O)NC2=O)C3=O)cc1. The molecule has 2 aromatic carbocycles. The molecule has 1 fully saturated rings. The van der Waals surface area contributed by atoms with Crippen LogP contribution in [0.25, 0.3) is 0 Å². The van der Waals surface area contributed by atoms with Crippen molar-refractivity contribution in [3.05, 3.63) is 64.7 Å². The topological polar surface area (TPSA) is 105 Å². The van der Waals surface area contributed by atoms with Crippen LogP contribution < -0.4 is 15.4 Å². The van der Waals surface area contributed by atoms with Gasteiger partial charge in [-0.3, -0.25) is 29.4 Å². The fourth-order valence-corrected chi connectivity index (χ4v) is 3.72. The minimum absolute atomic E-state index is 0.0801. The summed E-state index contributed by atoms with van der Waals surface area (Å²) in [6, 6.07) is 11.7. The Balaban J connectivity index is 1.54. The average molecular weight is 407 g/mol. The first-order chi connectivity index (χ1) is 14.5. The number of rotatable bonds is 6. The first kappa shape index (κ1) is 19.8. The number of nitrogens with zero attached hydrogens (tertiary/aromatic N) is 1. The molecule has 0 spiro atoms. The lowest BCUT2D eigenvalue weighted by atomic mass is 10.0. The molecule has 8 nitrogen and oxygen atoms in total. The molecule has 0 radical (unpaired) electrons. The number of hydrogen-bond donors (Lipinski definition) is 2. The third-order valence-electron chi connectivity index (χ3n) is 5.23. The summed E-state index contributed by atoms with van der Waals surface area (Å²) in [6.45, 7) is 0.996. The molecule has 30 heavy (non-hydrogen) atoms. The number of amides is 4. The number of piperidine rings is 1. The van der Waals surface area contributed by atoms with Crippen LogP contribution in [0.4, 0.5) is 0 Å². The zero-order chi connectivity index (χ0) is 21.3. The van der Waals surface area contributed by atoms with E-state index in [2.05, 4.69) is 10.6 Å². The van der Waals surface area contributed by atoms with Crippen molar-refractivity contribution >= 4 is 23.6 Å².